The number of rotatable bonds is 3. The van der Waals surface area contributed by atoms with Gasteiger partial charge in [0.1, 0.15) is 5.75 Å². The van der Waals surface area contributed by atoms with Crippen LogP contribution in [0.3, 0.4) is 0 Å². The molecular formula is C14H11Br2FO. The molecule has 0 aliphatic rings. The standard InChI is InChI=1S/C14H11Br2FO/c1-9-7-11(16)5-6-13(9)18-14-10(8-15)3-2-4-12(14)17/h2-7H,8H2,1H3. The zero-order valence-electron chi connectivity index (χ0n) is 9.71. The van der Waals surface area contributed by atoms with Crippen molar-refractivity contribution in [1.82, 2.24) is 0 Å². The quantitative estimate of drug-likeness (QED) is 0.637. The Labute approximate surface area is 122 Å². The summed E-state index contributed by atoms with van der Waals surface area (Å²) in [7, 11) is 0. The van der Waals surface area contributed by atoms with Gasteiger partial charge in [-0.15, -0.1) is 0 Å². The molecule has 2 aromatic carbocycles. The van der Waals surface area contributed by atoms with Crippen molar-refractivity contribution in [3.8, 4) is 11.5 Å². The summed E-state index contributed by atoms with van der Waals surface area (Å²) >= 11 is 6.72. The minimum absolute atomic E-state index is 0.278. The van der Waals surface area contributed by atoms with Crippen LogP contribution in [0.2, 0.25) is 0 Å². The number of hydrogen-bond acceptors (Lipinski definition) is 1. The molecule has 0 amide bonds. The summed E-state index contributed by atoms with van der Waals surface area (Å²) in [4.78, 5) is 0. The maximum Gasteiger partial charge on any atom is 0.167 e. The molecule has 0 atom stereocenters. The van der Waals surface area contributed by atoms with E-state index < -0.39 is 0 Å². The molecule has 0 heterocycles. The summed E-state index contributed by atoms with van der Waals surface area (Å²) in [5, 5.41) is 0.551. The molecule has 2 rings (SSSR count). The van der Waals surface area contributed by atoms with Gasteiger partial charge in [-0.25, -0.2) is 4.39 Å². The topological polar surface area (TPSA) is 9.23 Å². The van der Waals surface area contributed by atoms with Crippen molar-refractivity contribution in [2.24, 2.45) is 0 Å². The molecule has 0 radical (unpaired) electrons. The van der Waals surface area contributed by atoms with E-state index in [0.29, 0.717) is 11.1 Å². The zero-order chi connectivity index (χ0) is 13.1. The minimum Gasteiger partial charge on any atom is -0.454 e. The molecule has 2 aromatic rings. The summed E-state index contributed by atoms with van der Waals surface area (Å²) < 4.78 is 20.4. The van der Waals surface area contributed by atoms with Gasteiger partial charge in [0.05, 0.1) is 0 Å². The SMILES string of the molecule is Cc1cc(Br)ccc1Oc1c(F)cccc1CBr. The third kappa shape index (κ3) is 2.93. The lowest BCUT2D eigenvalue weighted by Gasteiger charge is -2.12. The molecule has 18 heavy (non-hydrogen) atoms. The van der Waals surface area contributed by atoms with E-state index >= 15 is 0 Å². The second kappa shape index (κ2) is 5.85. The normalized spacial score (nSPS) is 10.4. The third-order valence-corrected chi connectivity index (χ3v) is 3.64. The molecule has 4 heteroatoms. The van der Waals surface area contributed by atoms with Crippen LogP contribution in [0, 0.1) is 12.7 Å². The van der Waals surface area contributed by atoms with Gasteiger partial charge in [-0.1, -0.05) is 44.0 Å². The molecule has 0 saturated heterocycles. The molecule has 94 valence electrons. The summed E-state index contributed by atoms with van der Waals surface area (Å²) in [6.45, 7) is 1.93. The van der Waals surface area contributed by atoms with Crippen LogP contribution in [0.15, 0.2) is 40.9 Å². The van der Waals surface area contributed by atoms with Gasteiger partial charge in [0.25, 0.3) is 0 Å². The molecule has 1 nitrogen and oxygen atoms in total. The number of para-hydroxylation sites is 1. The number of hydrogen-bond donors (Lipinski definition) is 0. The van der Waals surface area contributed by atoms with Crippen molar-refractivity contribution in [3.05, 3.63) is 57.8 Å². The van der Waals surface area contributed by atoms with Crippen LogP contribution in [0.25, 0.3) is 0 Å². The van der Waals surface area contributed by atoms with E-state index in [4.69, 9.17) is 4.74 Å². The van der Waals surface area contributed by atoms with Gasteiger partial charge in [-0.05, 0) is 36.8 Å². The van der Waals surface area contributed by atoms with E-state index in [1.54, 1.807) is 6.07 Å². The molecular weight excluding hydrogens is 363 g/mol. The fourth-order valence-corrected chi connectivity index (χ4v) is 2.53. The van der Waals surface area contributed by atoms with E-state index in [1.807, 2.05) is 31.2 Å². The van der Waals surface area contributed by atoms with Gasteiger partial charge in [0, 0.05) is 15.4 Å². The van der Waals surface area contributed by atoms with E-state index in [1.165, 1.54) is 6.07 Å². The van der Waals surface area contributed by atoms with E-state index in [0.717, 1.165) is 15.6 Å². The average Bonchev–Trinajstić information content (AvgIpc) is 2.34. The molecule has 0 saturated carbocycles. The molecule has 0 N–H and O–H groups in total. The first kappa shape index (κ1) is 13.6. The number of halogens is 3. The fourth-order valence-electron chi connectivity index (χ4n) is 1.61. The van der Waals surface area contributed by atoms with Crippen LogP contribution in [0.1, 0.15) is 11.1 Å². The van der Waals surface area contributed by atoms with Gasteiger partial charge in [0.2, 0.25) is 0 Å². The van der Waals surface area contributed by atoms with Crippen LogP contribution in [-0.2, 0) is 5.33 Å². The second-order valence-corrected chi connectivity index (χ2v) is 5.35. The van der Waals surface area contributed by atoms with Crippen LogP contribution in [0.4, 0.5) is 4.39 Å². The van der Waals surface area contributed by atoms with Gasteiger partial charge in [-0.3, -0.25) is 0 Å². The van der Waals surface area contributed by atoms with Gasteiger partial charge >= 0.3 is 0 Å². The largest absolute Gasteiger partial charge is 0.454 e. The molecule has 0 aliphatic carbocycles. The first-order chi connectivity index (χ1) is 8.61. The smallest absolute Gasteiger partial charge is 0.167 e. The first-order valence-electron chi connectivity index (χ1n) is 5.39. The number of alkyl halides is 1. The van der Waals surface area contributed by atoms with Gasteiger partial charge < -0.3 is 4.74 Å². The lowest BCUT2D eigenvalue weighted by atomic mass is 10.2. The van der Waals surface area contributed by atoms with Crippen molar-refractivity contribution in [3.63, 3.8) is 0 Å². The Bertz CT molecular complexity index is 570. The summed E-state index contributed by atoms with van der Waals surface area (Å²) in [6.07, 6.45) is 0. The Hall–Kier alpha value is -0.870. The Morgan fingerprint density at radius 2 is 2.00 bits per heavy atom. The molecule has 0 fully saturated rings. The summed E-state index contributed by atoms with van der Waals surface area (Å²) in [6, 6.07) is 10.5. The first-order valence-corrected chi connectivity index (χ1v) is 7.30. The van der Waals surface area contributed by atoms with Crippen LogP contribution in [-0.4, -0.2) is 0 Å². The maximum atomic E-state index is 13.8. The highest BCUT2D eigenvalue weighted by atomic mass is 79.9. The minimum atomic E-state index is -0.353. The fraction of sp³-hybridized carbons (Fsp3) is 0.143. The van der Waals surface area contributed by atoms with Crippen molar-refractivity contribution >= 4 is 31.9 Å². The average molecular weight is 374 g/mol. The lowest BCUT2D eigenvalue weighted by Crippen LogP contribution is -1.94. The summed E-state index contributed by atoms with van der Waals surface area (Å²) in [5.74, 6) is 0.583. The number of ether oxygens (including phenoxy) is 1. The summed E-state index contributed by atoms with van der Waals surface area (Å²) in [5.41, 5.74) is 1.74. The number of benzene rings is 2. The van der Waals surface area contributed by atoms with Crippen LogP contribution < -0.4 is 4.74 Å². The van der Waals surface area contributed by atoms with Gasteiger partial charge in [0.15, 0.2) is 11.6 Å². The van der Waals surface area contributed by atoms with Crippen LogP contribution in [0.5, 0.6) is 11.5 Å². The van der Waals surface area contributed by atoms with E-state index in [2.05, 4.69) is 31.9 Å². The molecule has 0 unspecified atom stereocenters. The number of aryl methyl sites for hydroxylation is 1. The zero-order valence-corrected chi connectivity index (χ0v) is 12.9. The van der Waals surface area contributed by atoms with Crippen LogP contribution >= 0.6 is 31.9 Å². The predicted molar refractivity (Wildman–Crippen MR) is 78.0 cm³/mol. The highest BCUT2D eigenvalue weighted by Gasteiger charge is 2.11. The highest BCUT2D eigenvalue weighted by molar-refractivity contribution is 9.10. The molecule has 0 spiro atoms. The molecule has 0 bridgehead atoms. The highest BCUT2D eigenvalue weighted by Crippen LogP contribution is 2.32. The monoisotopic (exact) mass is 372 g/mol. The third-order valence-electron chi connectivity index (χ3n) is 2.54. The molecule has 0 aromatic heterocycles. The maximum absolute atomic E-state index is 13.8. The predicted octanol–water partition coefficient (Wildman–Crippen LogP) is 5.58. The Kier molecular flexibility index (Phi) is 4.40. The Morgan fingerprint density at radius 1 is 1.22 bits per heavy atom. The van der Waals surface area contributed by atoms with E-state index in [9.17, 15) is 4.39 Å². The Balaban J connectivity index is 2.39. The van der Waals surface area contributed by atoms with Crippen molar-refractivity contribution in [2.45, 2.75) is 12.3 Å². The second-order valence-electron chi connectivity index (χ2n) is 3.87. The van der Waals surface area contributed by atoms with Crippen molar-refractivity contribution in [2.75, 3.05) is 0 Å². The lowest BCUT2D eigenvalue weighted by molar-refractivity contribution is 0.435. The molecule has 0 aliphatic heterocycles. The van der Waals surface area contributed by atoms with E-state index in [-0.39, 0.29) is 11.6 Å². The van der Waals surface area contributed by atoms with Crippen molar-refractivity contribution in [1.29, 1.82) is 0 Å². The van der Waals surface area contributed by atoms with Gasteiger partial charge in [-0.2, -0.15) is 0 Å². The Morgan fingerprint density at radius 3 is 2.67 bits per heavy atom. The van der Waals surface area contributed by atoms with Crippen molar-refractivity contribution < 1.29 is 9.13 Å².